The molecule has 1 atom stereocenters. The molecule has 4 nitrogen and oxygen atoms in total. The van der Waals surface area contributed by atoms with E-state index < -0.39 is 33.8 Å². The van der Waals surface area contributed by atoms with Crippen molar-refractivity contribution in [2.75, 3.05) is 18.9 Å². The molecule has 2 N–H and O–H groups in total. The lowest BCUT2D eigenvalue weighted by Gasteiger charge is -2.11. The maximum Gasteiger partial charge on any atom is 0.522 e. The van der Waals surface area contributed by atoms with E-state index >= 15 is 0 Å². The molecule has 0 aromatic heterocycles. The summed E-state index contributed by atoms with van der Waals surface area (Å²) in [5.41, 5.74) is 5.07. The molecule has 14 heavy (non-hydrogen) atoms. The van der Waals surface area contributed by atoms with Crippen LogP contribution in [-0.2, 0) is 14.6 Å². The van der Waals surface area contributed by atoms with Crippen molar-refractivity contribution >= 4 is 9.84 Å². The Balaban J connectivity index is 4.02. The van der Waals surface area contributed by atoms with Crippen LogP contribution in [0.4, 0.5) is 13.2 Å². The second-order valence-electron chi connectivity index (χ2n) is 2.71. The molecule has 0 bridgehead atoms. The molecule has 86 valence electrons. The lowest BCUT2D eigenvalue weighted by atomic mass is 10.5. The summed E-state index contributed by atoms with van der Waals surface area (Å²) in [5.74, 6) is -0.676. The Labute approximate surface area is 80.1 Å². The Hall–Kier alpha value is -0.340. The quantitative estimate of drug-likeness (QED) is 0.743. The molecule has 0 heterocycles. The van der Waals surface area contributed by atoms with Gasteiger partial charge in [-0.2, -0.15) is 0 Å². The third-order valence-corrected chi connectivity index (χ3v) is 3.73. The van der Waals surface area contributed by atoms with Crippen molar-refractivity contribution < 1.29 is 26.3 Å². The number of halogens is 3. The normalized spacial score (nSPS) is 15.5. The topological polar surface area (TPSA) is 69.4 Å². The Bertz CT molecular complexity index is 262. The molecular formula is C6H12F3NO3S. The van der Waals surface area contributed by atoms with Gasteiger partial charge in [-0.1, -0.05) is 0 Å². The van der Waals surface area contributed by atoms with Gasteiger partial charge in [0.05, 0.1) is 17.6 Å². The zero-order valence-electron chi connectivity index (χ0n) is 7.54. The van der Waals surface area contributed by atoms with Crippen molar-refractivity contribution in [3.63, 3.8) is 0 Å². The van der Waals surface area contributed by atoms with Crippen molar-refractivity contribution in [1.29, 1.82) is 0 Å². The zero-order valence-corrected chi connectivity index (χ0v) is 8.36. The highest BCUT2D eigenvalue weighted by Gasteiger charge is 2.30. The first kappa shape index (κ1) is 13.7. The molecule has 0 amide bonds. The number of ether oxygens (including phenoxy) is 1. The van der Waals surface area contributed by atoms with Crippen molar-refractivity contribution in [3.8, 4) is 0 Å². The minimum absolute atomic E-state index is 0.117. The van der Waals surface area contributed by atoms with Gasteiger partial charge < -0.3 is 5.73 Å². The van der Waals surface area contributed by atoms with Gasteiger partial charge in [-0.3, -0.25) is 4.74 Å². The number of hydrogen-bond donors (Lipinski definition) is 1. The molecule has 0 aromatic carbocycles. The number of hydrogen-bond acceptors (Lipinski definition) is 4. The molecule has 0 aliphatic rings. The van der Waals surface area contributed by atoms with Gasteiger partial charge >= 0.3 is 6.36 Å². The third kappa shape index (κ3) is 5.40. The fourth-order valence-electron chi connectivity index (χ4n) is 0.621. The van der Waals surface area contributed by atoms with E-state index in [1.54, 1.807) is 0 Å². The molecular weight excluding hydrogens is 223 g/mol. The summed E-state index contributed by atoms with van der Waals surface area (Å²) in [6, 6.07) is 0. The molecule has 0 saturated heterocycles. The fraction of sp³-hybridized carbons (Fsp3) is 1.00. The second kappa shape index (κ2) is 4.94. The molecule has 0 fully saturated rings. The van der Waals surface area contributed by atoms with Gasteiger partial charge in [0.1, 0.15) is 0 Å². The third-order valence-electron chi connectivity index (χ3n) is 1.58. The standard InChI is InChI=1S/C6H12F3NO3S/c1-5(4-10)14(11,12)3-2-13-6(7,8)9/h5H,2-4,10H2,1H3. The Morgan fingerprint density at radius 1 is 1.43 bits per heavy atom. The van der Waals surface area contributed by atoms with Crippen molar-refractivity contribution in [1.82, 2.24) is 0 Å². The molecule has 0 aromatic rings. The van der Waals surface area contributed by atoms with Crippen LogP contribution in [0.2, 0.25) is 0 Å². The average Bonchev–Trinajstić information content (AvgIpc) is 2.00. The molecule has 0 aliphatic heterocycles. The predicted octanol–water partition coefficient (Wildman–Crippen LogP) is 0.285. The highest BCUT2D eigenvalue weighted by molar-refractivity contribution is 7.92. The average molecular weight is 235 g/mol. The maximum absolute atomic E-state index is 11.5. The van der Waals surface area contributed by atoms with Gasteiger partial charge in [-0.05, 0) is 6.92 Å². The first-order valence-corrected chi connectivity index (χ1v) is 5.53. The molecule has 0 aliphatic carbocycles. The van der Waals surface area contributed by atoms with Crippen LogP contribution >= 0.6 is 0 Å². The van der Waals surface area contributed by atoms with Crippen molar-refractivity contribution in [2.24, 2.45) is 5.73 Å². The van der Waals surface area contributed by atoms with Crippen LogP contribution in [0.5, 0.6) is 0 Å². The first-order chi connectivity index (χ1) is 6.19. The molecule has 0 spiro atoms. The van der Waals surface area contributed by atoms with E-state index in [1.165, 1.54) is 6.92 Å². The largest absolute Gasteiger partial charge is 0.522 e. The number of sulfone groups is 1. The lowest BCUT2D eigenvalue weighted by Crippen LogP contribution is -2.31. The maximum atomic E-state index is 11.5. The summed E-state index contributed by atoms with van der Waals surface area (Å²) < 4.78 is 60.0. The van der Waals surface area contributed by atoms with E-state index in [4.69, 9.17) is 5.73 Å². The highest BCUT2D eigenvalue weighted by atomic mass is 32.2. The summed E-state index contributed by atoms with van der Waals surface area (Å²) in [7, 11) is -3.58. The summed E-state index contributed by atoms with van der Waals surface area (Å²) in [4.78, 5) is 0. The molecule has 0 radical (unpaired) electrons. The van der Waals surface area contributed by atoms with Crippen LogP contribution in [0, 0.1) is 0 Å². The Morgan fingerprint density at radius 3 is 2.29 bits per heavy atom. The van der Waals surface area contributed by atoms with E-state index in [9.17, 15) is 21.6 Å². The highest BCUT2D eigenvalue weighted by Crippen LogP contribution is 2.16. The van der Waals surface area contributed by atoms with Crippen LogP contribution in [0.1, 0.15) is 6.92 Å². The van der Waals surface area contributed by atoms with Crippen LogP contribution in [0.15, 0.2) is 0 Å². The summed E-state index contributed by atoms with van der Waals surface area (Å²) >= 11 is 0. The summed E-state index contributed by atoms with van der Waals surface area (Å²) in [6.45, 7) is 0.327. The van der Waals surface area contributed by atoms with Crippen LogP contribution < -0.4 is 5.73 Å². The monoisotopic (exact) mass is 235 g/mol. The van der Waals surface area contributed by atoms with E-state index in [0.29, 0.717) is 0 Å². The first-order valence-electron chi connectivity index (χ1n) is 3.81. The van der Waals surface area contributed by atoms with Crippen molar-refractivity contribution in [2.45, 2.75) is 18.5 Å². The summed E-state index contributed by atoms with van der Waals surface area (Å²) in [6.07, 6.45) is -4.79. The molecule has 1 unspecified atom stereocenters. The molecule has 0 saturated carbocycles. The predicted molar refractivity (Wildman–Crippen MR) is 44.3 cm³/mol. The Kier molecular flexibility index (Phi) is 4.82. The van der Waals surface area contributed by atoms with Crippen LogP contribution in [0.3, 0.4) is 0 Å². The Morgan fingerprint density at radius 2 is 1.93 bits per heavy atom. The number of alkyl halides is 3. The van der Waals surface area contributed by atoms with E-state index in [1.807, 2.05) is 0 Å². The molecule has 8 heteroatoms. The van der Waals surface area contributed by atoms with Gasteiger partial charge in [-0.15, -0.1) is 13.2 Å². The number of nitrogens with two attached hydrogens (primary N) is 1. The van der Waals surface area contributed by atoms with Gasteiger partial charge in [0.15, 0.2) is 9.84 Å². The van der Waals surface area contributed by atoms with E-state index in [0.717, 1.165) is 0 Å². The lowest BCUT2D eigenvalue weighted by molar-refractivity contribution is -0.322. The van der Waals surface area contributed by atoms with Gasteiger partial charge in [0.25, 0.3) is 0 Å². The van der Waals surface area contributed by atoms with E-state index in [2.05, 4.69) is 4.74 Å². The minimum Gasteiger partial charge on any atom is -0.329 e. The van der Waals surface area contributed by atoms with E-state index in [-0.39, 0.29) is 6.54 Å². The minimum atomic E-state index is -4.79. The smallest absolute Gasteiger partial charge is 0.329 e. The second-order valence-corrected chi connectivity index (χ2v) is 5.25. The summed E-state index contributed by atoms with van der Waals surface area (Å²) in [5, 5.41) is -0.848. The SMILES string of the molecule is CC(CN)S(=O)(=O)CCOC(F)(F)F. The zero-order chi connectivity index (χ0) is 11.4. The van der Waals surface area contributed by atoms with Crippen molar-refractivity contribution in [3.05, 3.63) is 0 Å². The van der Waals surface area contributed by atoms with Gasteiger partial charge in [0.2, 0.25) is 0 Å². The van der Waals surface area contributed by atoms with Crippen LogP contribution in [0.25, 0.3) is 0 Å². The molecule has 0 rings (SSSR count). The van der Waals surface area contributed by atoms with Gasteiger partial charge in [0, 0.05) is 6.54 Å². The fourth-order valence-corrected chi connectivity index (χ4v) is 1.63. The van der Waals surface area contributed by atoms with Crippen LogP contribution in [-0.4, -0.2) is 38.9 Å². The van der Waals surface area contributed by atoms with Gasteiger partial charge in [-0.25, -0.2) is 8.42 Å². The number of rotatable bonds is 5.